The molecule has 1 aliphatic rings. The number of nitrogens with zero attached hydrogens (tertiary/aromatic N) is 3. The Morgan fingerprint density at radius 3 is 2.94 bits per heavy atom. The number of nitrogens with one attached hydrogen (secondary N) is 1. The van der Waals surface area contributed by atoms with E-state index in [9.17, 15) is 0 Å². The lowest BCUT2D eigenvalue weighted by Crippen LogP contribution is -2.09. The van der Waals surface area contributed by atoms with E-state index >= 15 is 0 Å². The van der Waals surface area contributed by atoms with Crippen LogP contribution in [0.3, 0.4) is 0 Å². The molecule has 4 nitrogen and oxygen atoms in total. The number of hydrogen-bond acceptors (Lipinski definition) is 3. The second-order valence-corrected chi connectivity index (χ2v) is 4.61. The number of anilines is 1. The van der Waals surface area contributed by atoms with Crippen molar-refractivity contribution in [1.82, 2.24) is 14.5 Å². The molecule has 0 amide bonds. The summed E-state index contributed by atoms with van der Waals surface area (Å²) in [6.45, 7) is 2.82. The highest BCUT2D eigenvalue weighted by Gasteiger charge is 2.22. The number of rotatable bonds is 4. The van der Waals surface area contributed by atoms with Crippen molar-refractivity contribution < 1.29 is 0 Å². The van der Waals surface area contributed by atoms with Crippen LogP contribution >= 0.6 is 0 Å². The number of imidazole rings is 1. The molecule has 4 heteroatoms. The minimum absolute atomic E-state index is 0.632. The number of pyridine rings is 1. The van der Waals surface area contributed by atoms with E-state index in [2.05, 4.69) is 25.9 Å². The third kappa shape index (κ3) is 2.46. The van der Waals surface area contributed by atoms with Crippen molar-refractivity contribution in [3.63, 3.8) is 0 Å². The van der Waals surface area contributed by atoms with Gasteiger partial charge in [-0.2, -0.15) is 0 Å². The number of aryl methyl sites for hydroxylation is 1. The third-order valence-corrected chi connectivity index (χ3v) is 2.95. The molecular weight excluding hydrogens is 212 g/mol. The van der Waals surface area contributed by atoms with Crippen molar-refractivity contribution in [2.45, 2.75) is 32.4 Å². The van der Waals surface area contributed by atoms with E-state index in [1.54, 1.807) is 0 Å². The zero-order chi connectivity index (χ0) is 11.7. The quantitative estimate of drug-likeness (QED) is 0.872. The first kappa shape index (κ1) is 10.3. The molecule has 0 unspecified atom stereocenters. The maximum absolute atomic E-state index is 4.34. The molecule has 3 rings (SSSR count). The van der Waals surface area contributed by atoms with Crippen LogP contribution in [0.25, 0.3) is 0 Å². The van der Waals surface area contributed by atoms with E-state index in [1.165, 1.54) is 18.4 Å². The fourth-order valence-corrected chi connectivity index (χ4v) is 1.78. The standard InChI is InChI=1S/C13H16N4/c1-10-2-3-11(8-15-10)9-17-7-6-14-13(17)16-12-4-5-12/h2-3,6-8,12H,4-5,9H2,1H3,(H,14,16). The van der Waals surface area contributed by atoms with E-state index in [-0.39, 0.29) is 0 Å². The van der Waals surface area contributed by atoms with Gasteiger partial charge in [-0.3, -0.25) is 4.98 Å². The van der Waals surface area contributed by atoms with Crippen molar-refractivity contribution in [1.29, 1.82) is 0 Å². The molecule has 0 spiro atoms. The van der Waals surface area contributed by atoms with Gasteiger partial charge in [0.05, 0.1) is 6.54 Å². The summed E-state index contributed by atoms with van der Waals surface area (Å²) in [5, 5.41) is 3.43. The van der Waals surface area contributed by atoms with Crippen LogP contribution in [-0.4, -0.2) is 20.6 Å². The van der Waals surface area contributed by atoms with Gasteiger partial charge < -0.3 is 9.88 Å². The summed E-state index contributed by atoms with van der Waals surface area (Å²) in [6.07, 6.45) is 8.30. The van der Waals surface area contributed by atoms with Crippen LogP contribution < -0.4 is 5.32 Å². The maximum atomic E-state index is 4.34. The second kappa shape index (κ2) is 4.20. The minimum atomic E-state index is 0.632. The molecule has 0 aromatic carbocycles. The summed E-state index contributed by atoms with van der Waals surface area (Å²) in [5.74, 6) is 0.966. The highest BCUT2D eigenvalue weighted by molar-refractivity contribution is 5.31. The smallest absolute Gasteiger partial charge is 0.203 e. The van der Waals surface area contributed by atoms with Crippen molar-refractivity contribution in [3.05, 3.63) is 42.0 Å². The molecule has 1 N–H and O–H groups in total. The van der Waals surface area contributed by atoms with E-state index in [4.69, 9.17) is 0 Å². The van der Waals surface area contributed by atoms with Crippen molar-refractivity contribution in [3.8, 4) is 0 Å². The molecule has 0 aliphatic heterocycles. The molecular formula is C13H16N4. The van der Waals surface area contributed by atoms with E-state index in [0.29, 0.717) is 6.04 Å². The largest absolute Gasteiger partial charge is 0.353 e. The summed E-state index contributed by atoms with van der Waals surface area (Å²) >= 11 is 0. The Bertz CT molecular complexity index is 496. The summed E-state index contributed by atoms with van der Waals surface area (Å²) in [5.41, 5.74) is 2.25. The molecule has 17 heavy (non-hydrogen) atoms. The lowest BCUT2D eigenvalue weighted by molar-refractivity contribution is 0.792. The Morgan fingerprint density at radius 2 is 2.24 bits per heavy atom. The molecule has 2 aromatic heterocycles. The van der Waals surface area contributed by atoms with Crippen LogP contribution in [0.2, 0.25) is 0 Å². The molecule has 2 heterocycles. The molecule has 1 saturated carbocycles. The lowest BCUT2D eigenvalue weighted by Gasteiger charge is -2.09. The van der Waals surface area contributed by atoms with Crippen LogP contribution in [0.15, 0.2) is 30.7 Å². The zero-order valence-corrected chi connectivity index (χ0v) is 9.93. The Balaban J connectivity index is 1.75. The molecule has 1 aliphatic carbocycles. The number of hydrogen-bond donors (Lipinski definition) is 1. The summed E-state index contributed by atoms with van der Waals surface area (Å²) in [7, 11) is 0. The topological polar surface area (TPSA) is 42.7 Å². The van der Waals surface area contributed by atoms with Crippen LogP contribution in [0, 0.1) is 6.92 Å². The fourth-order valence-electron chi connectivity index (χ4n) is 1.78. The SMILES string of the molecule is Cc1ccc(Cn2ccnc2NC2CC2)cn1. The van der Waals surface area contributed by atoms with Crippen LogP contribution in [0.1, 0.15) is 24.1 Å². The third-order valence-electron chi connectivity index (χ3n) is 2.95. The summed E-state index contributed by atoms with van der Waals surface area (Å²) < 4.78 is 2.13. The highest BCUT2D eigenvalue weighted by atomic mass is 15.2. The van der Waals surface area contributed by atoms with E-state index < -0.39 is 0 Å². The fraction of sp³-hybridized carbons (Fsp3) is 0.385. The lowest BCUT2D eigenvalue weighted by atomic mass is 10.2. The molecule has 0 atom stereocenters. The molecule has 2 aromatic rings. The summed E-state index contributed by atoms with van der Waals surface area (Å²) in [6, 6.07) is 4.79. The van der Waals surface area contributed by atoms with Gasteiger partial charge >= 0.3 is 0 Å². The van der Waals surface area contributed by atoms with E-state index in [0.717, 1.165) is 18.2 Å². The number of aromatic nitrogens is 3. The van der Waals surface area contributed by atoms with Gasteiger partial charge in [0.15, 0.2) is 0 Å². The van der Waals surface area contributed by atoms with Gasteiger partial charge in [0.2, 0.25) is 5.95 Å². The average Bonchev–Trinajstić information content (AvgIpc) is 3.03. The molecule has 0 radical (unpaired) electrons. The second-order valence-electron chi connectivity index (χ2n) is 4.61. The Morgan fingerprint density at radius 1 is 1.35 bits per heavy atom. The van der Waals surface area contributed by atoms with Crippen molar-refractivity contribution in [2.24, 2.45) is 0 Å². The Kier molecular flexibility index (Phi) is 2.55. The average molecular weight is 228 g/mol. The van der Waals surface area contributed by atoms with Gasteiger partial charge in [0.1, 0.15) is 0 Å². The van der Waals surface area contributed by atoms with Crippen molar-refractivity contribution >= 4 is 5.95 Å². The first-order valence-corrected chi connectivity index (χ1v) is 6.00. The predicted octanol–water partition coefficient (Wildman–Crippen LogP) is 2.21. The predicted molar refractivity (Wildman–Crippen MR) is 66.9 cm³/mol. The van der Waals surface area contributed by atoms with E-state index in [1.807, 2.05) is 31.6 Å². The van der Waals surface area contributed by atoms with Crippen LogP contribution in [0.5, 0.6) is 0 Å². The van der Waals surface area contributed by atoms with Gasteiger partial charge in [-0.05, 0) is 31.4 Å². The van der Waals surface area contributed by atoms with Crippen LogP contribution in [0.4, 0.5) is 5.95 Å². The Labute approximate surface area is 101 Å². The van der Waals surface area contributed by atoms with Crippen LogP contribution in [-0.2, 0) is 6.54 Å². The first-order chi connectivity index (χ1) is 8.31. The molecule has 1 fully saturated rings. The minimum Gasteiger partial charge on any atom is -0.353 e. The molecule has 0 bridgehead atoms. The summed E-state index contributed by atoms with van der Waals surface area (Å²) in [4.78, 5) is 8.65. The maximum Gasteiger partial charge on any atom is 0.203 e. The normalized spacial score (nSPS) is 14.9. The van der Waals surface area contributed by atoms with Gasteiger partial charge in [0, 0.05) is 30.3 Å². The monoisotopic (exact) mass is 228 g/mol. The van der Waals surface area contributed by atoms with Gasteiger partial charge in [-0.25, -0.2) is 4.98 Å². The molecule has 0 saturated heterocycles. The zero-order valence-electron chi connectivity index (χ0n) is 9.93. The highest BCUT2D eigenvalue weighted by Crippen LogP contribution is 2.23. The van der Waals surface area contributed by atoms with Gasteiger partial charge in [-0.1, -0.05) is 6.07 Å². The first-order valence-electron chi connectivity index (χ1n) is 6.00. The van der Waals surface area contributed by atoms with Gasteiger partial charge in [-0.15, -0.1) is 0 Å². The Hall–Kier alpha value is -1.84. The van der Waals surface area contributed by atoms with Crippen molar-refractivity contribution in [2.75, 3.05) is 5.32 Å². The van der Waals surface area contributed by atoms with Gasteiger partial charge in [0.25, 0.3) is 0 Å². The molecule has 88 valence electrons.